The molecule has 2 nitrogen and oxygen atoms in total. The standard InChI is InChI=1S/C18H12ClFN2/c19-10-16-18(21-17-8-7-15(20)11-22(16)17)14-6-5-12-3-1-2-4-13(12)9-14/h1-9,11H,10H2. The van der Waals surface area contributed by atoms with Crippen LogP contribution in [-0.4, -0.2) is 9.38 Å². The van der Waals surface area contributed by atoms with Crippen molar-refractivity contribution in [3.05, 3.63) is 72.3 Å². The Hall–Kier alpha value is -2.39. The van der Waals surface area contributed by atoms with Crippen LogP contribution in [-0.2, 0) is 5.88 Å². The topological polar surface area (TPSA) is 17.3 Å². The van der Waals surface area contributed by atoms with Crippen molar-refractivity contribution in [1.82, 2.24) is 9.38 Å². The Kier molecular flexibility index (Phi) is 3.09. The highest BCUT2D eigenvalue weighted by molar-refractivity contribution is 6.17. The van der Waals surface area contributed by atoms with E-state index in [-0.39, 0.29) is 11.7 Å². The molecule has 2 heterocycles. The first-order chi connectivity index (χ1) is 10.8. The van der Waals surface area contributed by atoms with E-state index in [4.69, 9.17) is 11.6 Å². The summed E-state index contributed by atoms with van der Waals surface area (Å²) in [5, 5.41) is 2.32. The SMILES string of the molecule is Fc1ccc2nc(-c3ccc4ccccc4c3)c(CCl)n2c1. The zero-order valence-corrected chi connectivity index (χ0v) is 12.4. The number of halogens is 2. The first-order valence-corrected chi connectivity index (χ1v) is 7.51. The summed E-state index contributed by atoms with van der Waals surface area (Å²) in [6.45, 7) is 0. The first-order valence-electron chi connectivity index (χ1n) is 6.98. The van der Waals surface area contributed by atoms with Crippen LogP contribution < -0.4 is 0 Å². The minimum Gasteiger partial charge on any atom is -0.299 e. The number of imidazole rings is 1. The van der Waals surface area contributed by atoms with Crippen LogP contribution >= 0.6 is 11.6 Å². The van der Waals surface area contributed by atoms with Crippen molar-refractivity contribution in [1.29, 1.82) is 0 Å². The smallest absolute Gasteiger partial charge is 0.139 e. The molecule has 0 radical (unpaired) electrons. The fourth-order valence-corrected chi connectivity index (χ4v) is 3.02. The monoisotopic (exact) mass is 310 g/mol. The Morgan fingerprint density at radius 3 is 2.64 bits per heavy atom. The van der Waals surface area contributed by atoms with Gasteiger partial charge in [-0.1, -0.05) is 36.4 Å². The number of benzene rings is 2. The second kappa shape index (κ2) is 5.11. The molecule has 2 aromatic heterocycles. The first kappa shape index (κ1) is 13.3. The molecular formula is C18H12ClFN2. The van der Waals surface area contributed by atoms with E-state index < -0.39 is 0 Å². The second-order valence-electron chi connectivity index (χ2n) is 5.18. The molecule has 0 amide bonds. The summed E-state index contributed by atoms with van der Waals surface area (Å²) in [7, 11) is 0. The normalized spacial score (nSPS) is 11.4. The summed E-state index contributed by atoms with van der Waals surface area (Å²) in [4.78, 5) is 4.61. The van der Waals surface area contributed by atoms with Gasteiger partial charge in [0.25, 0.3) is 0 Å². The van der Waals surface area contributed by atoms with Crippen LogP contribution in [0.4, 0.5) is 4.39 Å². The third kappa shape index (κ3) is 2.06. The average molecular weight is 311 g/mol. The molecule has 0 aliphatic rings. The van der Waals surface area contributed by atoms with Crippen LogP contribution in [0.3, 0.4) is 0 Å². The van der Waals surface area contributed by atoms with Gasteiger partial charge in [-0.05, 0) is 29.0 Å². The van der Waals surface area contributed by atoms with Crippen LogP contribution in [0.15, 0.2) is 60.8 Å². The highest BCUT2D eigenvalue weighted by Crippen LogP contribution is 2.28. The number of hydrogen-bond acceptors (Lipinski definition) is 1. The predicted molar refractivity (Wildman–Crippen MR) is 87.6 cm³/mol. The third-order valence-electron chi connectivity index (χ3n) is 3.83. The third-order valence-corrected chi connectivity index (χ3v) is 4.08. The molecule has 108 valence electrons. The lowest BCUT2D eigenvalue weighted by Gasteiger charge is -2.04. The van der Waals surface area contributed by atoms with E-state index in [0.717, 1.165) is 22.3 Å². The van der Waals surface area contributed by atoms with Crippen molar-refractivity contribution < 1.29 is 4.39 Å². The van der Waals surface area contributed by atoms with Crippen LogP contribution in [0.5, 0.6) is 0 Å². The van der Waals surface area contributed by atoms with Gasteiger partial charge >= 0.3 is 0 Å². The van der Waals surface area contributed by atoms with Crippen molar-refractivity contribution in [2.75, 3.05) is 0 Å². The molecule has 2 aromatic carbocycles. The van der Waals surface area contributed by atoms with Crippen molar-refractivity contribution in [3.63, 3.8) is 0 Å². The highest BCUT2D eigenvalue weighted by atomic mass is 35.5. The zero-order valence-electron chi connectivity index (χ0n) is 11.6. The number of hydrogen-bond donors (Lipinski definition) is 0. The van der Waals surface area contributed by atoms with Crippen LogP contribution in [0.1, 0.15) is 5.69 Å². The molecule has 0 N–H and O–H groups in total. The summed E-state index contributed by atoms with van der Waals surface area (Å²) in [5.74, 6) is -0.0337. The quantitative estimate of drug-likeness (QED) is 0.474. The molecule has 4 heteroatoms. The lowest BCUT2D eigenvalue weighted by Crippen LogP contribution is -1.92. The van der Waals surface area contributed by atoms with Gasteiger partial charge in [0.2, 0.25) is 0 Å². The molecular weight excluding hydrogens is 299 g/mol. The largest absolute Gasteiger partial charge is 0.299 e. The number of fused-ring (bicyclic) bond motifs is 2. The fraction of sp³-hybridized carbons (Fsp3) is 0.0556. The molecule has 0 atom stereocenters. The van der Waals surface area contributed by atoms with E-state index in [2.05, 4.69) is 29.2 Å². The van der Waals surface area contributed by atoms with E-state index in [1.807, 2.05) is 18.2 Å². The maximum atomic E-state index is 13.5. The number of alkyl halides is 1. The molecule has 0 saturated heterocycles. The van der Waals surface area contributed by atoms with Crippen molar-refractivity contribution in [2.24, 2.45) is 0 Å². The van der Waals surface area contributed by atoms with Gasteiger partial charge in [-0.15, -0.1) is 11.6 Å². The van der Waals surface area contributed by atoms with Crippen LogP contribution in [0.25, 0.3) is 27.7 Å². The van der Waals surface area contributed by atoms with Gasteiger partial charge in [0.1, 0.15) is 11.5 Å². The minimum absolute atomic E-state index is 0.271. The lowest BCUT2D eigenvalue weighted by molar-refractivity contribution is 0.618. The molecule has 0 spiro atoms. The van der Waals surface area contributed by atoms with Gasteiger partial charge in [0.15, 0.2) is 0 Å². The summed E-state index contributed by atoms with van der Waals surface area (Å²) in [6, 6.07) is 17.4. The van der Waals surface area contributed by atoms with Gasteiger partial charge in [-0.2, -0.15) is 0 Å². The molecule has 0 unspecified atom stereocenters. The Labute approximate surface area is 131 Å². The van der Waals surface area contributed by atoms with Crippen molar-refractivity contribution in [2.45, 2.75) is 5.88 Å². The Morgan fingerprint density at radius 2 is 1.82 bits per heavy atom. The molecule has 4 rings (SSSR count). The average Bonchev–Trinajstić information content (AvgIpc) is 2.92. The summed E-state index contributed by atoms with van der Waals surface area (Å²) < 4.78 is 15.2. The van der Waals surface area contributed by atoms with Crippen molar-refractivity contribution >= 4 is 28.0 Å². The minimum atomic E-state index is -0.304. The Balaban J connectivity index is 1.98. The van der Waals surface area contributed by atoms with E-state index >= 15 is 0 Å². The number of nitrogens with zero attached hydrogens (tertiary/aromatic N) is 2. The molecule has 4 aromatic rings. The summed E-state index contributed by atoms with van der Waals surface area (Å²) in [5.41, 5.74) is 3.27. The zero-order chi connectivity index (χ0) is 15.1. The maximum Gasteiger partial charge on any atom is 0.139 e. The number of aromatic nitrogens is 2. The van der Waals surface area contributed by atoms with E-state index in [1.165, 1.54) is 17.6 Å². The maximum absolute atomic E-state index is 13.5. The molecule has 0 saturated carbocycles. The highest BCUT2D eigenvalue weighted by Gasteiger charge is 2.14. The Bertz CT molecular complexity index is 991. The van der Waals surface area contributed by atoms with E-state index in [0.29, 0.717) is 5.65 Å². The van der Waals surface area contributed by atoms with Gasteiger partial charge < -0.3 is 0 Å². The van der Waals surface area contributed by atoms with E-state index in [9.17, 15) is 4.39 Å². The predicted octanol–water partition coefficient (Wildman–Crippen LogP) is 5.03. The van der Waals surface area contributed by atoms with Crippen molar-refractivity contribution in [3.8, 4) is 11.3 Å². The molecule has 0 bridgehead atoms. The van der Waals surface area contributed by atoms with E-state index in [1.54, 1.807) is 10.5 Å². The molecule has 0 aliphatic heterocycles. The lowest BCUT2D eigenvalue weighted by atomic mass is 10.0. The summed E-state index contributed by atoms with van der Waals surface area (Å²) >= 11 is 6.09. The second-order valence-corrected chi connectivity index (χ2v) is 5.45. The summed E-state index contributed by atoms with van der Waals surface area (Å²) in [6.07, 6.45) is 1.42. The fourth-order valence-electron chi connectivity index (χ4n) is 2.76. The van der Waals surface area contributed by atoms with Gasteiger partial charge in [-0.3, -0.25) is 4.40 Å². The van der Waals surface area contributed by atoms with Gasteiger partial charge in [0.05, 0.1) is 17.3 Å². The molecule has 22 heavy (non-hydrogen) atoms. The number of rotatable bonds is 2. The van der Waals surface area contributed by atoms with Gasteiger partial charge in [-0.25, -0.2) is 9.37 Å². The Morgan fingerprint density at radius 1 is 1.00 bits per heavy atom. The van der Waals surface area contributed by atoms with Gasteiger partial charge in [0, 0.05) is 11.8 Å². The number of pyridine rings is 1. The van der Waals surface area contributed by atoms with Crippen LogP contribution in [0.2, 0.25) is 0 Å². The van der Waals surface area contributed by atoms with Crippen LogP contribution in [0, 0.1) is 5.82 Å². The molecule has 0 aliphatic carbocycles. The molecule has 0 fully saturated rings.